The van der Waals surface area contributed by atoms with E-state index in [1.807, 2.05) is 32.9 Å². The van der Waals surface area contributed by atoms with E-state index in [-0.39, 0.29) is 18.2 Å². The first-order valence-corrected chi connectivity index (χ1v) is 10.1. The van der Waals surface area contributed by atoms with Crippen molar-refractivity contribution in [3.63, 3.8) is 0 Å². The van der Waals surface area contributed by atoms with Crippen LogP contribution >= 0.6 is 23.2 Å². The number of amides is 2. The molecule has 0 bridgehead atoms. The van der Waals surface area contributed by atoms with Crippen LogP contribution in [0.3, 0.4) is 0 Å². The Balaban J connectivity index is 1.82. The van der Waals surface area contributed by atoms with Crippen molar-refractivity contribution < 1.29 is 9.59 Å². The third-order valence-corrected chi connectivity index (χ3v) is 5.50. The molecule has 0 atom stereocenters. The van der Waals surface area contributed by atoms with Crippen LogP contribution in [-0.2, 0) is 16.0 Å². The highest BCUT2D eigenvalue weighted by atomic mass is 35.5. The van der Waals surface area contributed by atoms with Crippen molar-refractivity contribution in [3.05, 3.63) is 69.0 Å². The lowest BCUT2D eigenvalue weighted by molar-refractivity contribution is -0.116. The molecule has 3 rings (SSSR count). The van der Waals surface area contributed by atoms with E-state index < -0.39 is 0 Å². The van der Waals surface area contributed by atoms with Gasteiger partial charge in [0.1, 0.15) is 0 Å². The average molecular weight is 445 g/mol. The molecule has 2 amide bonds. The number of rotatable bonds is 5. The maximum atomic E-state index is 12.7. The van der Waals surface area contributed by atoms with Crippen molar-refractivity contribution in [2.75, 3.05) is 10.6 Å². The summed E-state index contributed by atoms with van der Waals surface area (Å²) in [7, 11) is 0. The summed E-state index contributed by atoms with van der Waals surface area (Å²) in [6.07, 6.45) is 0.169. The predicted octanol–water partition coefficient (Wildman–Crippen LogP) is 5.24. The number of nitrogens with zero attached hydrogens (tertiary/aromatic N) is 2. The Bertz CT molecular complexity index is 1140. The smallest absolute Gasteiger partial charge is 0.228 e. The van der Waals surface area contributed by atoms with Gasteiger partial charge in [-0.1, -0.05) is 29.3 Å². The van der Waals surface area contributed by atoms with Gasteiger partial charge in [0.05, 0.1) is 27.8 Å². The molecule has 2 aromatic carbocycles. The molecule has 156 valence electrons. The molecule has 0 aliphatic rings. The first kappa shape index (κ1) is 21.9. The van der Waals surface area contributed by atoms with Gasteiger partial charge in [-0.3, -0.25) is 9.59 Å². The summed E-state index contributed by atoms with van der Waals surface area (Å²) in [5, 5.41) is 11.1. The van der Waals surface area contributed by atoms with Crippen LogP contribution in [0.1, 0.15) is 29.4 Å². The van der Waals surface area contributed by atoms with Gasteiger partial charge in [-0.05, 0) is 56.7 Å². The lowest BCUT2D eigenvalue weighted by Crippen LogP contribution is -2.16. The normalized spacial score (nSPS) is 10.7. The minimum absolute atomic E-state index is 0.169. The topological polar surface area (TPSA) is 76.0 Å². The minimum Gasteiger partial charge on any atom is -0.326 e. The Kier molecular flexibility index (Phi) is 6.48. The Hall–Kier alpha value is -2.83. The fourth-order valence-corrected chi connectivity index (χ4v) is 3.48. The van der Waals surface area contributed by atoms with Crippen molar-refractivity contribution in [2.45, 2.75) is 34.1 Å². The van der Waals surface area contributed by atoms with Crippen molar-refractivity contribution in [1.82, 2.24) is 9.78 Å². The van der Waals surface area contributed by atoms with Crippen LogP contribution in [-0.4, -0.2) is 21.6 Å². The van der Waals surface area contributed by atoms with Gasteiger partial charge in [0.2, 0.25) is 11.8 Å². The Morgan fingerprint density at radius 2 is 1.73 bits per heavy atom. The van der Waals surface area contributed by atoms with Crippen LogP contribution in [0, 0.1) is 20.8 Å². The molecule has 0 fully saturated rings. The lowest BCUT2D eigenvalue weighted by Gasteiger charge is -2.11. The van der Waals surface area contributed by atoms with E-state index in [0.717, 1.165) is 28.2 Å². The van der Waals surface area contributed by atoms with Gasteiger partial charge in [-0.2, -0.15) is 5.10 Å². The van der Waals surface area contributed by atoms with Crippen LogP contribution in [0.4, 0.5) is 11.4 Å². The number of aromatic nitrogens is 2. The fourth-order valence-electron chi connectivity index (χ4n) is 3.19. The van der Waals surface area contributed by atoms with E-state index in [4.69, 9.17) is 23.2 Å². The van der Waals surface area contributed by atoms with Gasteiger partial charge in [0.15, 0.2) is 0 Å². The fraction of sp³-hybridized carbons (Fsp3) is 0.227. The van der Waals surface area contributed by atoms with Crippen molar-refractivity contribution in [1.29, 1.82) is 0 Å². The van der Waals surface area contributed by atoms with Crippen molar-refractivity contribution in [3.8, 4) is 5.69 Å². The molecule has 0 saturated carbocycles. The summed E-state index contributed by atoms with van der Waals surface area (Å²) in [5.41, 5.74) is 5.41. The number of halogens is 2. The molecule has 3 aromatic rings. The van der Waals surface area contributed by atoms with E-state index in [9.17, 15) is 9.59 Å². The van der Waals surface area contributed by atoms with Crippen LogP contribution < -0.4 is 10.6 Å². The van der Waals surface area contributed by atoms with Gasteiger partial charge in [-0.15, -0.1) is 0 Å². The molecule has 0 aliphatic heterocycles. The SMILES string of the molecule is CC(=O)Nc1ccc(C)c(NC(=O)Cc2c(C)nn(-c3ccc(Cl)c(Cl)c3)c2C)c1. The predicted molar refractivity (Wildman–Crippen MR) is 121 cm³/mol. The molecule has 30 heavy (non-hydrogen) atoms. The summed E-state index contributed by atoms with van der Waals surface area (Å²) < 4.78 is 1.75. The van der Waals surface area contributed by atoms with E-state index in [0.29, 0.717) is 21.4 Å². The molecule has 0 spiro atoms. The lowest BCUT2D eigenvalue weighted by atomic mass is 10.1. The number of carbonyl (C=O) groups is 2. The zero-order chi connectivity index (χ0) is 22.0. The standard InChI is InChI=1S/C22H22Cl2N4O2/c1-12-5-6-16(25-15(4)29)9-21(12)26-22(30)11-18-13(2)27-28(14(18)3)17-7-8-19(23)20(24)10-17/h5-10H,11H2,1-4H3,(H,25,29)(H,26,30). The number of nitrogens with one attached hydrogen (secondary N) is 2. The second-order valence-corrected chi connectivity index (χ2v) is 7.91. The van der Waals surface area contributed by atoms with Crippen LogP contribution in [0.15, 0.2) is 36.4 Å². The zero-order valence-corrected chi connectivity index (χ0v) is 18.6. The van der Waals surface area contributed by atoms with E-state index in [1.54, 1.807) is 28.9 Å². The summed E-state index contributed by atoms with van der Waals surface area (Å²) in [6, 6.07) is 10.7. The highest BCUT2D eigenvalue weighted by Crippen LogP contribution is 2.27. The molecule has 1 aromatic heterocycles. The summed E-state index contributed by atoms with van der Waals surface area (Å²) in [5.74, 6) is -0.338. The number of hydrogen-bond acceptors (Lipinski definition) is 3. The molecule has 0 radical (unpaired) electrons. The number of benzene rings is 2. The molecule has 0 aliphatic carbocycles. The Morgan fingerprint density at radius 3 is 2.40 bits per heavy atom. The second-order valence-electron chi connectivity index (χ2n) is 7.10. The largest absolute Gasteiger partial charge is 0.326 e. The average Bonchev–Trinajstić information content (AvgIpc) is 2.94. The first-order chi connectivity index (χ1) is 14.2. The maximum Gasteiger partial charge on any atom is 0.228 e. The third-order valence-electron chi connectivity index (χ3n) is 4.76. The van der Waals surface area contributed by atoms with E-state index >= 15 is 0 Å². The Labute approximate surface area is 185 Å². The van der Waals surface area contributed by atoms with Gasteiger partial charge >= 0.3 is 0 Å². The van der Waals surface area contributed by atoms with Gasteiger partial charge < -0.3 is 10.6 Å². The second kappa shape index (κ2) is 8.90. The number of hydrogen-bond donors (Lipinski definition) is 2. The Morgan fingerprint density at radius 1 is 1.00 bits per heavy atom. The molecule has 0 saturated heterocycles. The summed E-state index contributed by atoms with van der Waals surface area (Å²) >= 11 is 12.1. The van der Waals surface area contributed by atoms with Gasteiger partial charge in [-0.25, -0.2) is 4.68 Å². The summed E-state index contributed by atoms with van der Waals surface area (Å²) in [6.45, 7) is 7.11. The molecule has 2 N–H and O–H groups in total. The number of anilines is 2. The van der Waals surface area contributed by atoms with Gasteiger partial charge in [0.25, 0.3) is 0 Å². The van der Waals surface area contributed by atoms with E-state index in [1.165, 1.54) is 6.92 Å². The molecular weight excluding hydrogens is 423 g/mol. The van der Waals surface area contributed by atoms with Crippen LogP contribution in [0.2, 0.25) is 10.0 Å². The molecule has 8 heteroatoms. The van der Waals surface area contributed by atoms with E-state index in [2.05, 4.69) is 15.7 Å². The van der Waals surface area contributed by atoms with Crippen molar-refractivity contribution >= 4 is 46.4 Å². The monoisotopic (exact) mass is 444 g/mol. The highest BCUT2D eigenvalue weighted by molar-refractivity contribution is 6.42. The highest BCUT2D eigenvalue weighted by Gasteiger charge is 2.17. The van der Waals surface area contributed by atoms with Crippen molar-refractivity contribution in [2.24, 2.45) is 0 Å². The number of aryl methyl sites for hydroxylation is 2. The minimum atomic E-state index is -0.169. The quantitative estimate of drug-likeness (QED) is 0.564. The maximum absolute atomic E-state index is 12.7. The van der Waals surface area contributed by atoms with Crippen LogP contribution in [0.5, 0.6) is 0 Å². The first-order valence-electron chi connectivity index (χ1n) is 9.34. The van der Waals surface area contributed by atoms with Gasteiger partial charge in [0, 0.05) is 29.6 Å². The molecule has 6 nitrogen and oxygen atoms in total. The molecule has 1 heterocycles. The summed E-state index contributed by atoms with van der Waals surface area (Å²) in [4.78, 5) is 24.0. The van der Waals surface area contributed by atoms with Crippen LogP contribution in [0.25, 0.3) is 5.69 Å². The zero-order valence-electron chi connectivity index (χ0n) is 17.1. The molecular formula is C22H22Cl2N4O2. The number of carbonyl (C=O) groups excluding carboxylic acids is 2. The molecule has 0 unspecified atom stereocenters. The third kappa shape index (κ3) is 4.83.